The second-order valence-corrected chi connectivity index (χ2v) is 3.60. The smallest absolute Gasteiger partial charge is 0.0462 e. The molecule has 0 aliphatic rings. The summed E-state index contributed by atoms with van der Waals surface area (Å²) in [6.07, 6.45) is 8.01. The lowest BCUT2D eigenvalue weighted by Gasteiger charge is -1.99. The van der Waals surface area contributed by atoms with Gasteiger partial charge in [-0.05, 0) is 12.8 Å². The number of hydrogen-bond donors (Lipinski definition) is 0. The van der Waals surface area contributed by atoms with Crippen LogP contribution < -0.4 is 0 Å². The molecular weight excluding hydrogens is 204 g/mol. The summed E-state index contributed by atoms with van der Waals surface area (Å²) < 4.78 is 4.96. The second-order valence-electron chi connectivity index (χ2n) is 2.80. The highest BCUT2D eigenvalue weighted by atomic mass is 79.9. The summed E-state index contributed by atoms with van der Waals surface area (Å²) in [6.45, 7) is 0.929. The average molecular weight is 223 g/mol. The van der Waals surface area contributed by atoms with Gasteiger partial charge in [-0.1, -0.05) is 41.6 Å². The molecule has 2 heteroatoms. The van der Waals surface area contributed by atoms with E-state index in [4.69, 9.17) is 4.74 Å². The Balaban J connectivity index is 2.69. The molecule has 1 nitrogen and oxygen atoms in total. The molecule has 0 aromatic carbocycles. The van der Waals surface area contributed by atoms with E-state index < -0.39 is 0 Å². The largest absolute Gasteiger partial charge is 0.385 e. The van der Waals surface area contributed by atoms with Crippen LogP contribution in [-0.2, 0) is 4.74 Å². The Morgan fingerprint density at radius 3 is 2.00 bits per heavy atom. The van der Waals surface area contributed by atoms with E-state index in [2.05, 4.69) is 15.9 Å². The van der Waals surface area contributed by atoms with Gasteiger partial charge in [0.15, 0.2) is 0 Å². The molecule has 0 aromatic rings. The molecule has 0 atom stereocenters. The van der Waals surface area contributed by atoms with E-state index in [1.165, 1.54) is 38.5 Å². The first-order valence-electron chi connectivity index (χ1n) is 4.46. The minimum Gasteiger partial charge on any atom is -0.385 e. The Morgan fingerprint density at radius 1 is 0.909 bits per heavy atom. The van der Waals surface area contributed by atoms with Crippen LogP contribution in [0.4, 0.5) is 0 Å². The minimum atomic E-state index is 0.929. The fourth-order valence-electron chi connectivity index (χ4n) is 1.05. The van der Waals surface area contributed by atoms with E-state index >= 15 is 0 Å². The van der Waals surface area contributed by atoms with E-state index in [-0.39, 0.29) is 0 Å². The van der Waals surface area contributed by atoms with Crippen molar-refractivity contribution in [3.05, 3.63) is 0 Å². The lowest BCUT2D eigenvalue weighted by Crippen LogP contribution is -1.88. The number of alkyl halides is 1. The molecule has 0 N–H and O–H groups in total. The Labute approximate surface area is 78.6 Å². The standard InChI is InChI=1S/C9H19BrO/c1-11-9-7-5-3-2-4-6-8-10/h2-9H2,1H3. The van der Waals surface area contributed by atoms with Crippen molar-refractivity contribution in [2.24, 2.45) is 0 Å². The topological polar surface area (TPSA) is 9.23 Å². The summed E-state index contributed by atoms with van der Waals surface area (Å²) in [7, 11) is 1.77. The number of hydrogen-bond acceptors (Lipinski definition) is 1. The fourth-order valence-corrected chi connectivity index (χ4v) is 1.44. The van der Waals surface area contributed by atoms with Gasteiger partial charge in [0, 0.05) is 19.0 Å². The molecule has 0 spiro atoms. The second kappa shape index (κ2) is 10.4. The Bertz CT molecular complexity index is 58.6. The van der Waals surface area contributed by atoms with Gasteiger partial charge in [0.1, 0.15) is 0 Å². The van der Waals surface area contributed by atoms with Crippen LogP contribution in [0.25, 0.3) is 0 Å². The zero-order valence-electron chi connectivity index (χ0n) is 7.44. The summed E-state index contributed by atoms with van der Waals surface area (Å²) >= 11 is 3.42. The normalized spacial score (nSPS) is 10.4. The first kappa shape index (κ1) is 11.4. The van der Waals surface area contributed by atoms with Gasteiger partial charge < -0.3 is 4.74 Å². The van der Waals surface area contributed by atoms with Gasteiger partial charge in [0.05, 0.1) is 0 Å². The highest BCUT2D eigenvalue weighted by molar-refractivity contribution is 9.09. The summed E-state index contributed by atoms with van der Waals surface area (Å²) in [4.78, 5) is 0. The van der Waals surface area contributed by atoms with Gasteiger partial charge in [-0.25, -0.2) is 0 Å². The quantitative estimate of drug-likeness (QED) is 0.452. The Morgan fingerprint density at radius 2 is 1.45 bits per heavy atom. The number of ether oxygens (including phenoxy) is 1. The van der Waals surface area contributed by atoms with Crippen LogP contribution in [0.2, 0.25) is 0 Å². The zero-order valence-corrected chi connectivity index (χ0v) is 9.03. The summed E-state index contributed by atoms with van der Waals surface area (Å²) in [6, 6.07) is 0. The molecule has 0 radical (unpaired) electrons. The molecule has 0 aliphatic carbocycles. The van der Waals surface area contributed by atoms with Crippen LogP contribution in [-0.4, -0.2) is 19.0 Å². The SMILES string of the molecule is COCCCCCCCCBr. The molecule has 0 unspecified atom stereocenters. The molecule has 0 saturated carbocycles. The number of methoxy groups -OCH3 is 1. The maximum Gasteiger partial charge on any atom is 0.0462 e. The predicted molar refractivity (Wildman–Crippen MR) is 53.4 cm³/mol. The minimum absolute atomic E-state index is 0.929. The molecule has 0 aliphatic heterocycles. The third kappa shape index (κ3) is 10.4. The van der Waals surface area contributed by atoms with E-state index in [0.29, 0.717) is 0 Å². The fraction of sp³-hybridized carbons (Fsp3) is 1.00. The van der Waals surface area contributed by atoms with Crippen molar-refractivity contribution in [3.63, 3.8) is 0 Å². The van der Waals surface area contributed by atoms with Gasteiger partial charge in [-0.15, -0.1) is 0 Å². The van der Waals surface area contributed by atoms with E-state index in [1.54, 1.807) is 7.11 Å². The van der Waals surface area contributed by atoms with Crippen molar-refractivity contribution < 1.29 is 4.74 Å². The third-order valence-corrected chi connectivity index (χ3v) is 2.29. The highest BCUT2D eigenvalue weighted by Gasteiger charge is 1.89. The molecular formula is C9H19BrO. The lowest BCUT2D eigenvalue weighted by atomic mass is 10.1. The summed E-state index contributed by atoms with van der Waals surface area (Å²) in [5.41, 5.74) is 0. The molecule has 0 aromatic heterocycles. The van der Waals surface area contributed by atoms with Gasteiger partial charge in [0.25, 0.3) is 0 Å². The molecule has 0 bridgehead atoms. The third-order valence-electron chi connectivity index (χ3n) is 1.73. The number of rotatable bonds is 8. The van der Waals surface area contributed by atoms with Crippen molar-refractivity contribution in [2.45, 2.75) is 38.5 Å². The van der Waals surface area contributed by atoms with Crippen LogP contribution in [0, 0.1) is 0 Å². The van der Waals surface area contributed by atoms with Crippen LogP contribution >= 0.6 is 15.9 Å². The van der Waals surface area contributed by atoms with Gasteiger partial charge in [0.2, 0.25) is 0 Å². The first-order chi connectivity index (χ1) is 5.41. The molecule has 0 fully saturated rings. The maximum absolute atomic E-state index is 4.96. The molecule has 0 heterocycles. The van der Waals surface area contributed by atoms with Crippen LogP contribution in [0.5, 0.6) is 0 Å². The van der Waals surface area contributed by atoms with E-state index in [1.807, 2.05) is 0 Å². The monoisotopic (exact) mass is 222 g/mol. The van der Waals surface area contributed by atoms with Gasteiger partial charge in [-0.2, -0.15) is 0 Å². The number of halogens is 1. The summed E-state index contributed by atoms with van der Waals surface area (Å²) in [5, 5.41) is 1.16. The molecule has 0 amide bonds. The zero-order chi connectivity index (χ0) is 8.36. The van der Waals surface area contributed by atoms with E-state index in [9.17, 15) is 0 Å². The Hall–Kier alpha value is 0.440. The Kier molecular flexibility index (Phi) is 10.9. The van der Waals surface area contributed by atoms with Crippen molar-refractivity contribution in [2.75, 3.05) is 19.0 Å². The van der Waals surface area contributed by atoms with Crippen molar-refractivity contribution >= 4 is 15.9 Å². The average Bonchev–Trinajstić information content (AvgIpc) is 2.03. The molecule has 68 valence electrons. The summed E-state index contributed by atoms with van der Waals surface area (Å²) in [5.74, 6) is 0. The molecule has 0 rings (SSSR count). The van der Waals surface area contributed by atoms with Crippen LogP contribution in [0.3, 0.4) is 0 Å². The van der Waals surface area contributed by atoms with Gasteiger partial charge in [-0.3, -0.25) is 0 Å². The molecule has 0 saturated heterocycles. The van der Waals surface area contributed by atoms with Gasteiger partial charge >= 0.3 is 0 Å². The number of unbranched alkanes of at least 4 members (excludes halogenated alkanes) is 5. The predicted octanol–water partition coefficient (Wildman–Crippen LogP) is 3.37. The van der Waals surface area contributed by atoms with Crippen molar-refractivity contribution in [1.29, 1.82) is 0 Å². The maximum atomic E-state index is 4.96. The highest BCUT2D eigenvalue weighted by Crippen LogP contribution is 2.06. The van der Waals surface area contributed by atoms with Crippen molar-refractivity contribution in [3.8, 4) is 0 Å². The lowest BCUT2D eigenvalue weighted by molar-refractivity contribution is 0.192. The van der Waals surface area contributed by atoms with Crippen molar-refractivity contribution in [1.82, 2.24) is 0 Å². The first-order valence-corrected chi connectivity index (χ1v) is 5.59. The van der Waals surface area contributed by atoms with Crippen LogP contribution in [0.15, 0.2) is 0 Å². The van der Waals surface area contributed by atoms with E-state index in [0.717, 1.165) is 11.9 Å². The molecule has 11 heavy (non-hydrogen) atoms. The van der Waals surface area contributed by atoms with Crippen LogP contribution in [0.1, 0.15) is 38.5 Å².